The van der Waals surface area contributed by atoms with Crippen molar-refractivity contribution in [1.29, 1.82) is 0 Å². The molecule has 0 unspecified atom stereocenters. The number of hydrogen-bond donors (Lipinski definition) is 3. The van der Waals surface area contributed by atoms with Gasteiger partial charge >= 0.3 is 28.6 Å². The normalized spacial score (nSPS) is 27.1. The van der Waals surface area contributed by atoms with Gasteiger partial charge in [0.15, 0.2) is 0 Å². The van der Waals surface area contributed by atoms with Crippen LogP contribution < -0.4 is 11.1 Å². The summed E-state index contributed by atoms with van der Waals surface area (Å²) in [5, 5.41) is 20.9. The monoisotopic (exact) mass is 1170 g/mol. The standard InChI is InChI=1S/C20H29N5O8S.C16H36N.C15H21N5O6S.H2S/c1-19(2,3)32-17(26)21-12-6-11(7-12)8-15-22-23-16(31-15)13-9-20(4-5-20)14-10-24(13)18(27)25(14)33-34(28,29)30;1-5-9-13-17(14-10-6-2,15-11-7-3)16-12-8-4;16-9-3-8(4-9)5-12-17-18-13(25-12)10-6-15(1-2-15)11-7-19(10)14(21)20(11)26-27(22,23)24;/h11-14H,4-10H2,1-3H3,(H,21,26)(H,28,29,30);5-16H2,1-4H3;8-11H,1-7,16H2,(H,22,23,24);1H2/q;+1;;/p-1/t11?,12?,13-,14-;;8?,9?,10-,11-;/m0.0./s1. The number of carbonyl (C=O) groups excluding carboxylic acids is 3. The molecule has 2 aromatic rings. The number of amides is 5. The average Bonchev–Trinajstić information content (AvgIpc) is 4.29. The number of hydrogen-bond acceptors (Lipinski definition) is 18. The Morgan fingerprint density at radius 2 is 1.13 bits per heavy atom. The predicted molar refractivity (Wildman–Crippen MR) is 289 cm³/mol. The van der Waals surface area contributed by atoms with Gasteiger partial charge in [-0.3, -0.25) is 4.55 Å². The van der Waals surface area contributed by atoms with E-state index in [0.717, 1.165) is 56.4 Å². The van der Waals surface area contributed by atoms with Gasteiger partial charge in [-0.2, -0.15) is 36.3 Å². The molecule has 4 aliphatic carbocycles. The van der Waals surface area contributed by atoms with E-state index in [9.17, 15) is 35.8 Å². The summed E-state index contributed by atoms with van der Waals surface area (Å²) in [5.41, 5.74) is 4.70. The minimum absolute atomic E-state index is 0. The van der Waals surface area contributed by atoms with E-state index < -0.39 is 68.7 Å². The number of unbranched alkanes of at least 4 members (excludes halogenated alkanes) is 4. The van der Waals surface area contributed by atoms with Gasteiger partial charge in [0, 0.05) is 38.0 Å². The van der Waals surface area contributed by atoms with Crippen LogP contribution in [0.2, 0.25) is 0 Å². The third kappa shape index (κ3) is 15.6. The Balaban J connectivity index is 0.000000180. The van der Waals surface area contributed by atoms with Crippen LogP contribution in [0.1, 0.15) is 200 Å². The summed E-state index contributed by atoms with van der Waals surface area (Å²) < 4.78 is 92.1. The largest absolute Gasteiger partial charge is 0.724 e. The third-order valence-corrected chi connectivity index (χ3v) is 18.0. The summed E-state index contributed by atoms with van der Waals surface area (Å²) in [6.07, 6.45) is 19.7. The molecular formula is C51H87N11O14S3. The molecule has 28 heteroatoms. The Morgan fingerprint density at radius 1 is 0.722 bits per heavy atom. The number of nitrogens with zero attached hydrogens (tertiary/aromatic N) is 9. The maximum Gasteiger partial charge on any atom is 0.418 e. The zero-order valence-corrected chi connectivity index (χ0v) is 49.8. The third-order valence-electron chi connectivity index (χ3n) is 17.3. The number of urea groups is 2. The van der Waals surface area contributed by atoms with Crippen molar-refractivity contribution in [3.8, 4) is 0 Å². The number of piperidine rings is 2. The highest BCUT2D eigenvalue weighted by atomic mass is 32.3. The lowest BCUT2D eigenvalue weighted by molar-refractivity contribution is -0.929. The fourth-order valence-electron chi connectivity index (χ4n) is 12.6. The van der Waals surface area contributed by atoms with Crippen LogP contribution in [0, 0.1) is 22.7 Å². The summed E-state index contributed by atoms with van der Waals surface area (Å²) in [6.45, 7) is 21.0. The quantitative estimate of drug-likeness (QED) is 0.0564. The van der Waals surface area contributed by atoms with Crippen LogP contribution >= 0.6 is 13.5 Å². The number of nitrogens with one attached hydrogen (secondary N) is 1. The summed E-state index contributed by atoms with van der Waals surface area (Å²) in [5.74, 6) is 2.36. The van der Waals surface area contributed by atoms with E-state index in [1.165, 1.54) is 91.8 Å². The molecule has 4 aliphatic heterocycles. The Bertz CT molecular complexity index is 2580. The van der Waals surface area contributed by atoms with Crippen molar-refractivity contribution in [2.75, 3.05) is 39.3 Å². The Kier molecular flexibility index (Phi) is 20.1. The molecule has 2 aromatic heterocycles. The van der Waals surface area contributed by atoms with Crippen molar-refractivity contribution in [3.63, 3.8) is 0 Å². The van der Waals surface area contributed by atoms with Gasteiger partial charge in [0.1, 0.15) is 17.7 Å². The van der Waals surface area contributed by atoms with Crippen LogP contribution in [0.3, 0.4) is 0 Å². The Hall–Kier alpha value is -3.90. The molecule has 4 saturated heterocycles. The highest BCUT2D eigenvalue weighted by Gasteiger charge is 2.66. The van der Waals surface area contributed by atoms with Crippen molar-refractivity contribution < 1.29 is 66.9 Å². The van der Waals surface area contributed by atoms with Crippen molar-refractivity contribution in [2.45, 2.75) is 219 Å². The summed E-state index contributed by atoms with van der Waals surface area (Å²) in [7, 11) is -9.85. The van der Waals surface area contributed by atoms with Crippen LogP contribution in [-0.4, -0.2) is 158 Å². The van der Waals surface area contributed by atoms with Gasteiger partial charge in [-0.05, 0) is 133 Å². The molecule has 448 valence electrons. The van der Waals surface area contributed by atoms with Crippen molar-refractivity contribution in [3.05, 3.63) is 23.6 Å². The minimum Gasteiger partial charge on any atom is -0.724 e. The Morgan fingerprint density at radius 3 is 1.48 bits per heavy atom. The SMILES string of the molecule is CC(C)(C)OC(=O)NC1CC(Cc2nnc([C@@H]3CC4(CC4)[C@@H]4CN3C(=O)N4OS(=O)(=O)[O-])o2)C1.CCCC[N+](CCCC)(CCCC)CCCC.NC1CC(Cc2nnc([C@@H]3CC4(CC4)[C@@H]4CN3C(=O)N4OS(=O)(=O)O)o2)C1.S. The lowest BCUT2D eigenvalue weighted by Gasteiger charge is -2.39. The maximum absolute atomic E-state index is 12.8. The number of aromatic nitrogens is 4. The number of fused-ring (bicyclic) bond motifs is 6. The summed E-state index contributed by atoms with van der Waals surface area (Å²) in [4.78, 5) is 40.3. The lowest BCUT2D eigenvalue weighted by Crippen LogP contribution is -2.50. The number of hydroxylamine groups is 4. The van der Waals surface area contributed by atoms with Gasteiger partial charge < -0.3 is 43.5 Å². The predicted octanol–water partition coefficient (Wildman–Crippen LogP) is 7.17. The molecule has 5 amide bonds. The second-order valence-electron chi connectivity index (χ2n) is 24.6. The number of carbonyl (C=O) groups is 3. The molecule has 25 nitrogen and oxygen atoms in total. The van der Waals surface area contributed by atoms with Gasteiger partial charge in [0.25, 0.3) is 0 Å². The molecule has 4 atom stereocenters. The first-order valence-corrected chi connectivity index (χ1v) is 31.3. The topological polar surface area (TPSA) is 319 Å². The molecule has 8 fully saturated rings. The lowest BCUT2D eigenvalue weighted by atomic mass is 9.78. The molecule has 4 saturated carbocycles. The van der Waals surface area contributed by atoms with Crippen molar-refractivity contribution in [2.24, 2.45) is 28.4 Å². The van der Waals surface area contributed by atoms with Crippen LogP contribution in [0.25, 0.3) is 0 Å². The second kappa shape index (κ2) is 25.3. The van der Waals surface area contributed by atoms with Crippen LogP contribution in [0.15, 0.2) is 8.83 Å². The van der Waals surface area contributed by atoms with Gasteiger partial charge in [-0.15, -0.1) is 24.7 Å². The van der Waals surface area contributed by atoms with E-state index in [0.29, 0.717) is 66.8 Å². The molecule has 2 spiro atoms. The number of alkyl carbamates (subject to hydrolysis) is 1. The zero-order chi connectivity index (χ0) is 56.4. The van der Waals surface area contributed by atoms with E-state index in [2.05, 4.69) is 62.0 Å². The molecule has 4 N–H and O–H groups in total. The van der Waals surface area contributed by atoms with E-state index >= 15 is 0 Å². The second-order valence-corrected chi connectivity index (χ2v) is 26.6. The van der Waals surface area contributed by atoms with Gasteiger partial charge in [0.05, 0.1) is 38.3 Å². The zero-order valence-electron chi connectivity index (χ0n) is 47.2. The molecule has 4 bridgehead atoms. The molecule has 0 aromatic carbocycles. The molecule has 79 heavy (non-hydrogen) atoms. The number of rotatable bonds is 23. The van der Waals surface area contributed by atoms with E-state index in [4.69, 9.17) is 23.9 Å². The first kappa shape index (κ1) is 62.7. The number of ether oxygens (including phenoxy) is 1. The molecular weight excluding hydrogens is 1090 g/mol. The maximum atomic E-state index is 12.8. The fraction of sp³-hybridized carbons (Fsp3) is 0.863. The van der Waals surface area contributed by atoms with Crippen LogP contribution in [0.5, 0.6) is 0 Å². The van der Waals surface area contributed by atoms with Crippen LogP contribution in [-0.2, 0) is 46.9 Å². The van der Waals surface area contributed by atoms with Crippen LogP contribution in [0.4, 0.5) is 14.4 Å². The minimum atomic E-state index is -5.07. The average molecular weight is 1170 g/mol. The number of nitrogens with two attached hydrogens (primary N) is 1. The van der Waals surface area contributed by atoms with E-state index in [1.54, 1.807) is 0 Å². The highest BCUT2D eigenvalue weighted by molar-refractivity contribution is 7.81. The van der Waals surface area contributed by atoms with Gasteiger partial charge in [-0.25, -0.2) is 22.8 Å². The smallest absolute Gasteiger partial charge is 0.418 e. The first-order chi connectivity index (χ1) is 36.8. The molecule has 6 heterocycles. The molecule has 10 rings (SSSR count). The Labute approximate surface area is 473 Å². The van der Waals surface area contributed by atoms with E-state index in [1.807, 2.05) is 20.8 Å². The summed E-state index contributed by atoms with van der Waals surface area (Å²) in [6, 6.07) is -2.84. The first-order valence-electron chi connectivity index (χ1n) is 28.6. The fourth-order valence-corrected chi connectivity index (χ4v) is 13.4. The van der Waals surface area contributed by atoms with Crippen molar-refractivity contribution >= 4 is 52.4 Å². The molecule has 8 aliphatic rings. The van der Waals surface area contributed by atoms with Gasteiger partial charge in [-0.1, -0.05) is 53.4 Å². The van der Waals surface area contributed by atoms with Crippen molar-refractivity contribution in [1.82, 2.24) is 45.6 Å². The van der Waals surface area contributed by atoms with Gasteiger partial charge in [0.2, 0.25) is 34.0 Å². The van der Waals surface area contributed by atoms with E-state index in [-0.39, 0.29) is 48.9 Å². The number of quaternary nitrogens is 1. The highest BCUT2D eigenvalue weighted by Crippen LogP contribution is 2.63. The molecule has 0 radical (unpaired) electrons. The summed E-state index contributed by atoms with van der Waals surface area (Å²) >= 11 is 0.